The number of amides is 1. The van der Waals surface area contributed by atoms with Crippen molar-refractivity contribution in [3.8, 4) is 5.75 Å². The van der Waals surface area contributed by atoms with Crippen molar-refractivity contribution in [1.29, 1.82) is 0 Å². The molecule has 114 valence electrons. The van der Waals surface area contributed by atoms with Gasteiger partial charge >= 0.3 is 0 Å². The molecule has 0 unspecified atom stereocenters. The molecule has 22 heavy (non-hydrogen) atoms. The van der Waals surface area contributed by atoms with Gasteiger partial charge in [0.15, 0.2) is 12.4 Å². The second-order valence-corrected chi connectivity index (χ2v) is 6.15. The van der Waals surface area contributed by atoms with Gasteiger partial charge in [0.1, 0.15) is 10.8 Å². The second kappa shape index (κ2) is 6.23. The number of nitrogens with one attached hydrogen (secondary N) is 1. The number of hydrogen-bond donors (Lipinski definition) is 1. The lowest BCUT2D eigenvalue weighted by molar-refractivity contribution is -0.118. The molecule has 1 aliphatic carbocycles. The van der Waals surface area contributed by atoms with Crippen molar-refractivity contribution in [2.75, 3.05) is 11.9 Å². The van der Waals surface area contributed by atoms with Crippen molar-refractivity contribution in [3.05, 3.63) is 34.8 Å². The molecule has 0 radical (unpaired) electrons. The molecule has 0 saturated heterocycles. The lowest BCUT2D eigenvalue weighted by atomic mass is 10.1. The molecular formula is C15H15N3O3S. The second-order valence-electron chi connectivity index (χ2n) is 5.14. The van der Waals surface area contributed by atoms with Gasteiger partial charge in [0, 0.05) is 11.5 Å². The Morgan fingerprint density at radius 1 is 1.36 bits per heavy atom. The van der Waals surface area contributed by atoms with Crippen molar-refractivity contribution in [2.45, 2.75) is 25.7 Å². The fraction of sp³-hybridized carbons (Fsp3) is 0.333. The largest absolute Gasteiger partial charge is 0.484 e. The fourth-order valence-electron chi connectivity index (χ4n) is 1.89. The minimum atomic E-state index is -0.299. The molecule has 0 bridgehead atoms. The van der Waals surface area contributed by atoms with Crippen molar-refractivity contribution in [3.63, 3.8) is 0 Å². The van der Waals surface area contributed by atoms with Crippen molar-refractivity contribution >= 4 is 28.2 Å². The lowest BCUT2D eigenvalue weighted by Gasteiger charge is -2.06. The van der Waals surface area contributed by atoms with E-state index in [1.165, 1.54) is 18.3 Å². The summed E-state index contributed by atoms with van der Waals surface area (Å²) in [5.41, 5.74) is 0.552. The Bertz CT molecular complexity index is 710. The van der Waals surface area contributed by atoms with Crippen molar-refractivity contribution in [2.24, 2.45) is 0 Å². The first-order valence-electron chi connectivity index (χ1n) is 6.99. The quantitative estimate of drug-likeness (QED) is 0.828. The zero-order valence-corrected chi connectivity index (χ0v) is 12.9. The van der Waals surface area contributed by atoms with Crippen LogP contribution in [0.25, 0.3) is 0 Å². The normalized spacial score (nSPS) is 13.7. The van der Waals surface area contributed by atoms with Crippen LogP contribution in [0.2, 0.25) is 0 Å². The van der Waals surface area contributed by atoms with E-state index in [9.17, 15) is 9.59 Å². The van der Waals surface area contributed by atoms with Crippen LogP contribution in [-0.2, 0) is 4.79 Å². The molecule has 2 aromatic rings. The summed E-state index contributed by atoms with van der Waals surface area (Å²) >= 11 is 1.41. The van der Waals surface area contributed by atoms with Crippen LogP contribution in [0.1, 0.15) is 41.0 Å². The van der Waals surface area contributed by atoms with E-state index in [0.29, 0.717) is 22.4 Å². The van der Waals surface area contributed by atoms with E-state index in [2.05, 4.69) is 15.5 Å². The maximum Gasteiger partial charge on any atom is 0.264 e. The van der Waals surface area contributed by atoms with Crippen molar-refractivity contribution in [1.82, 2.24) is 10.2 Å². The predicted octanol–water partition coefficient (Wildman–Crippen LogP) is 2.64. The summed E-state index contributed by atoms with van der Waals surface area (Å²) in [5.74, 6) is 0.663. The van der Waals surface area contributed by atoms with E-state index in [-0.39, 0.29) is 18.3 Å². The lowest BCUT2D eigenvalue weighted by Crippen LogP contribution is -2.20. The summed E-state index contributed by atoms with van der Waals surface area (Å²) in [4.78, 5) is 23.1. The number of carbonyl (C=O) groups is 2. The number of Topliss-reactive ketones (excluding diaryl/α,β-unsaturated/α-hetero) is 1. The Balaban J connectivity index is 1.53. The number of ketones is 1. The molecule has 3 rings (SSSR count). The molecule has 1 amide bonds. The summed E-state index contributed by atoms with van der Waals surface area (Å²) < 4.78 is 5.39. The minimum absolute atomic E-state index is 0.0450. The van der Waals surface area contributed by atoms with Gasteiger partial charge in [-0.3, -0.25) is 14.9 Å². The summed E-state index contributed by atoms with van der Waals surface area (Å²) in [7, 11) is 0. The van der Waals surface area contributed by atoms with E-state index in [4.69, 9.17) is 4.74 Å². The highest BCUT2D eigenvalue weighted by molar-refractivity contribution is 7.15. The maximum atomic E-state index is 11.8. The van der Waals surface area contributed by atoms with Gasteiger partial charge in [-0.05, 0) is 31.9 Å². The molecule has 6 nitrogen and oxygen atoms in total. The molecule has 1 fully saturated rings. The highest BCUT2D eigenvalue weighted by Gasteiger charge is 2.27. The first-order chi connectivity index (χ1) is 10.6. The first kappa shape index (κ1) is 14.6. The molecule has 7 heteroatoms. The Hall–Kier alpha value is -2.28. The van der Waals surface area contributed by atoms with Crippen LogP contribution < -0.4 is 10.1 Å². The number of anilines is 1. The Morgan fingerprint density at radius 2 is 2.18 bits per heavy atom. The molecular weight excluding hydrogens is 302 g/mol. The van der Waals surface area contributed by atoms with Crippen LogP contribution in [0.15, 0.2) is 24.3 Å². The number of aromatic nitrogens is 2. The molecule has 1 N–H and O–H groups in total. The molecule has 1 saturated carbocycles. The smallest absolute Gasteiger partial charge is 0.264 e. The minimum Gasteiger partial charge on any atom is -0.484 e. The van der Waals surface area contributed by atoms with Gasteiger partial charge in [0.25, 0.3) is 5.91 Å². The molecule has 1 aromatic heterocycles. The average Bonchev–Trinajstić information content (AvgIpc) is 3.26. The predicted molar refractivity (Wildman–Crippen MR) is 82.5 cm³/mol. The zero-order valence-electron chi connectivity index (χ0n) is 12.0. The third-order valence-corrected chi connectivity index (χ3v) is 4.23. The SMILES string of the molecule is CC(=O)c1cccc(OCC(=O)Nc2nnc(C3CC3)s2)c1. The standard InChI is InChI=1S/C15H15N3O3S/c1-9(19)11-3-2-4-12(7-11)21-8-13(20)16-15-18-17-14(22-15)10-5-6-10/h2-4,7,10H,5-6,8H2,1H3,(H,16,18,20). The van der Waals surface area contributed by atoms with E-state index in [1.54, 1.807) is 24.3 Å². The average molecular weight is 317 g/mol. The number of carbonyl (C=O) groups excluding carboxylic acids is 2. The van der Waals surface area contributed by atoms with E-state index in [1.807, 2.05) is 0 Å². The number of nitrogens with zero attached hydrogens (tertiary/aromatic N) is 2. The maximum absolute atomic E-state index is 11.8. The highest BCUT2D eigenvalue weighted by atomic mass is 32.1. The Morgan fingerprint density at radius 3 is 2.91 bits per heavy atom. The van der Waals surface area contributed by atoms with Gasteiger partial charge in [-0.2, -0.15) is 0 Å². The van der Waals surface area contributed by atoms with E-state index >= 15 is 0 Å². The Labute approximate surface area is 131 Å². The highest BCUT2D eigenvalue weighted by Crippen LogP contribution is 2.41. The van der Waals surface area contributed by atoms with Crippen molar-refractivity contribution < 1.29 is 14.3 Å². The van der Waals surface area contributed by atoms with E-state index < -0.39 is 0 Å². The van der Waals surface area contributed by atoms with Crippen LogP contribution in [0, 0.1) is 0 Å². The monoisotopic (exact) mass is 317 g/mol. The topological polar surface area (TPSA) is 81.2 Å². The third kappa shape index (κ3) is 3.67. The number of rotatable bonds is 6. The summed E-state index contributed by atoms with van der Waals surface area (Å²) in [6, 6.07) is 6.74. The van der Waals surface area contributed by atoms with Crippen LogP contribution in [0.5, 0.6) is 5.75 Å². The summed E-state index contributed by atoms with van der Waals surface area (Å²) in [6.45, 7) is 1.35. The molecule has 0 aliphatic heterocycles. The van der Waals surface area contributed by atoms with Gasteiger partial charge < -0.3 is 4.74 Å². The number of benzene rings is 1. The molecule has 1 aromatic carbocycles. The van der Waals surface area contributed by atoms with Crippen LogP contribution in [0.4, 0.5) is 5.13 Å². The molecule has 0 spiro atoms. The zero-order chi connectivity index (χ0) is 15.5. The summed E-state index contributed by atoms with van der Waals surface area (Å²) in [6.07, 6.45) is 2.30. The number of ether oxygens (including phenoxy) is 1. The van der Waals surface area contributed by atoms with Crippen LogP contribution in [-0.4, -0.2) is 28.5 Å². The van der Waals surface area contributed by atoms with Crippen LogP contribution in [0.3, 0.4) is 0 Å². The molecule has 1 heterocycles. The van der Waals surface area contributed by atoms with Crippen LogP contribution >= 0.6 is 11.3 Å². The molecule has 1 aliphatic rings. The number of hydrogen-bond acceptors (Lipinski definition) is 6. The Kier molecular flexibility index (Phi) is 4.15. The fourth-order valence-corrected chi connectivity index (χ4v) is 2.82. The third-order valence-electron chi connectivity index (χ3n) is 3.22. The van der Waals surface area contributed by atoms with Gasteiger partial charge in [0.05, 0.1) is 0 Å². The molecule has 0 atom stereocenters. The van der Waals surface area contributed by atoms with Gasteiger partial charge in [-0.15, -0.1) is 10.2 Å². The van der Waals surface area contributed by atoms with E-state index in [0.717, 1.165) is 17.8 Å². The van der Waals surface area contributed by atoms with Gasteiger partial charge in [-0.1, -0.05) is 23.5 Å². The summed E-state index contributed by atoms with van der Waals surface area (Å²) in [5, 5.41) is 12.1. The van der Waals surface area contributed by atoms with Gasteiger partial charge in [-0.25, -0.2) is 0 Å². The first-order valence-corrected chi connectivity index (χ1v) is 7.80. The van der Waals surface area contributed by atoms with Gasteiger partial charge in [0.2, 0.25) is 5.13 Å².